The van der Waals surface area contributed by atoms with E-state index in [1.54, 1.807) is 0 Å². The van der Waals surface area contributed by atoms with E-state index in [1.165, 1.54) is 32.1 Å². The number of rotatable bonds is 7. The predicted molar refractivity (Wildman–Crippen MR) is 102 cm³/mol. The van der Waals surface area contributed by atoms with Crippen LogP contribution < -0.4 is 5.32 Å². The fourth-order valence-corrected chi connectivity index (χ4v) is 4.08. The van der Waals surface area contributed by atoms with Crippen LogP contribution >= 0.6 is 0 Å². The van der Waals surface area contributed by atoms with E-state index in [9.17, 15) is 0 Å². The van der Waals surface area contributed by atoms with Crippen molar-refractivity contribution in [2.45, 2.75) is 83.5 Å². The van der Waals surface area contributed by atoms with Crippen LogP contribution in [-0.2, 0) is 9.47 Å². The maximum Gasteiger partial charge on any atom is 0.194 e. The van der Waals surface area contributed by atoms with E-state index >= 15 is 0 Å². The predicted octanol–water partition coefficient (Wildman–Crippen LogP) is 3.19. The van der Waals surface area contributed by atoms with Crippen molar-refractivity contribution in [2.75, 3.05) is 32.8 Å². The first-order chi connectivity index (χ1) is 12.3. The van der Waals surface area contributed by atoms with Gasteiger partial charge < -0.3 is 19.7 Å². The van der Waals surface area contributed by atoms with Crippen molar-refractivity contribution < 1.29 is 9.47 Å². The first-order valence-electron chi connectivity index (χ1n) is 10.6. The first-order valence-corrected chi connectivity index (χ1v) is 10.6. The number of aliphatic imine (C=N–C) groups is 1. The minimum Gasteiger partial charge on any atom is -0.376 e. The molecule has 0 radical (unpaired) electrons. The molecule has 2 heterocycles. The van der Waals surface area contributed by atoms with Gasteiger partial charge in [-0.25, -0.2) is 0 Å². The van der Waals surface area contributed by atoms with Gasteiger partial charge in [-0.3, -0.25) is 4.99 Å². The van der Waals surface area contributed by atoms with Crippen LogP contribution in [0.1, 0.15) is 65.2 Å². The van der Waals surface area contributed by atoms with Crippen LogP contribution in [0.3, 0.4) is 0 Å². The molecule has 1 aliphatic carbocycles. The molecule has 0 aromatic carbocycles. The van der Waals surface area contributed by atoms with Gasteiger partial charge in [0.25, 0.3) is 0 Å². The lowest BCUT2D eigenvalue weighted by atomic mass is 10.1. The van der Waals surface area contributed by atoms with Crippen LogP contribution in [-0.4, -0.2) is 62.0 Å². The molecule has 2 saturated heterocycles. The standard InChI is InChI=1S/C20H37N3O2/c1-3-7-16-14-19(16)22-20(21-4-2)23-11-9-17(10-12-23)25-15-18-8-5-6-13-24-18/h16-19H,3-15H2,1-2H3,(H,21,22). The van der Waals surface area contributed by atoms with E-state index < -0.39 is 0 Å². The third kappa shape index (κ3) is 5.85. The minimum atomic E-state index is 0.330. The largest absolute Gasteiger partial charge is 0.376 e. The summed E-state index contributed by atoms with van der Waals surface area (Å²) in [5.41, 5.74) is 0. The van der Waals surface area contributed by atoms with E-state index in [1.807, 2.05) is 0 Å². The molecule has 0 amide bonds. The molecule has 25 heavy (non-hydrogen) atoms. The number of likely N-dealkylation sites (tertiary alicyclic amines) is 1. The smallest absolute Gasteiger partial charge is 0.194 e. The number of hydrogen-bond donors (Lipinski definition) is 1. The first kappa shape index (κ1) is 19.0. The summed E-state index contributed by atoms with van der Waals surface area (Å²) in [6.45, 7) is 9.04. The zero-order valence-corrected chi connectivity index (χ0v) is 16.2. The third-order valence-corrected chi connectivity index (χ3v) is 5.74. The molecule has 0 aromatic heterocycles. The Morgan fingerprint density at radius 1 is 1.20 bits per heavy atom. The zero-order valence-electron chi connectivity index (χ0n) is 16.2. The van der Waals surface area contributed by atoms with Crippen molar-refractivity contribution in [3.8, 4) is 0 Å². The molecule has 5 heteroatoms. The minimum absolute atomic E-state index is 0.330. The van der Waals surface area contributed by atoms with Crippen molar-refractivity contribution >= 4 is 5.96 Å². The number of guanidine groups is 1. The molecular weight excluding hydrogens is 314 g/mol. The lowest BCUT2D eigenvalue weighted by molar-refractivity contribution is -0.0721. The van der Waals surface area contributed by atoms with Gasteiger partial charge in [0.05, 0.1) is 18.8 Å². The van der Waals surface area contributed by atoms with Crippen LogP contribution in [0.5, 0.6) is 0 Å². The molecule has 1 N–H and O–H groups in total. The van der Waals surface area contributed by atoms with Crippen molar-refractivity contribution in [3.63, 3.8) is 0 Å². The molecule has 3 unspecified atom stereocenters. The van der Waals surface area contributed by atoms with Crippen molar-refractivity contribution in [2.24, 2.45) is 10.9 Å². The molecule has 144 valence electrons. The lowest BCUT2D eigenvalue weighted by Crippen LogP contribution is -2.48. The van der Waals surface area contributed by atoms with Crippen LogP contribution in [0, 0.1) is 5.92 Å². The van der Waals surface area contributed by atoms with E-state index in [-0.39, 0.29) is 0 Å². The topological polar surface area (TPSA) is 46.1 Å². The number of ether oxygens (including phenoxy) is 2. The van der Waals surface area contributed by atoms with Gasteiger partial charge in [0.1, 0.15) is 0 Å². The zero-order chi connectivity index (χ0) is 17.5. The molecule has 3 atom stereocenters. The fraction of sp³-hybridized carbons (Fsp3) is 0.950. The average molecular weight is 352 g/mol. The highest BCUT2D eigenvalue weighted by Gasteiger charge is 2.37. The molecule has 3 fully saturated rings. The molecule has 2 aliphatic heterocycles. The third-order valence-electron chi connectivity index (χ3n) is 5.74. The molecule has 3 rings (SSSR count). The van der Waals surface area contributed by atoms with Crippen LogP contribution in [0.15, 0.2) is 4.99 Å². The van der Waals surface area contributed by atoms with Gasteiger partial charge in [0.2, 0.25) is 0 Å². The Labute approximate surface area is 153 Å². The van der Waals surface area contributed by atoms with Gasteiger partial charge >= 0.3 is 0 Å². The monoisotopic (exact) mass is 351 g/mol. The summed E-state index contributed by atoms with van der Waals surface area (Å²) in [5.74, 6) is 1.99. The number of hydrogen-bond acceptors (Lipinski definition) is 3. The van der Waals surface area contributed by atoms with Crippen molar-refractivity contribution in [3.05, 3.63) is 0 Å². The van der Waals surface area contributed by atoms with Gasteiger partial charge in [-0.2, -0.15) is 0 Å². The fourth-order valence-electron chi connectivity index (χ4n) is 4.08. The highest BCUT2D eigenvalue weighted by Crippen LogP contribution is 2.34. The van der Waals surface area contributed by atoms with Crippen LogP contribution in [0.2, 0.25) is 0 Å². The molecular formula is C20H37N3O2. The molecule has 0 bridgehead atoms. The maximum absolute atomic E-state index is 6.14. The van der Waals surface area contributed by atoms with Gasteiger partial charge in [-0.05, 0) is 57.8 Å². The molecule has 5 nitrogen and oxygen atoms in total. The number of nitrogens with zero attached hydrogens (tertiary/aromatic N) is 2. The Morgan fingerprint density at radius 3 is 2.72 bits per heavy atom. The maximum atomic E-state index is 6.14. The number of nitrogens with one attached hydrogen (secondary N) is 1. The normalized spacial score (nSPS) is 31.2. The summed E-state index contributed by atoms with van der Waals surface area (Å²) in [4.78, 5) is 7.17. The summed E-state index contributed by atoms with van der Waals surface area (Å²) in [6.07, 6.45) is 10.5. The van der Waals surface area contributed by atoms with Gasteiger partial charge in [0, 0.05) is 32.3 Å². The summed E-state index contributed by atoms with van der Waals surface area (Å²) in [5, 5.41) is 3.71. The van der Waals surface area contributed by atoms with Crippen LogP contribution in [0.4, 0.5) is 0 Å². The van der Waals surface area contributed by atoms with E-state index in [2.05, 4.69) is 24.1 Å². The Kier molecular flexibility index (Phi) is 7.41. The summed E-state index contributed by atoms with van der Waals surface area (Å²) < 4.78 is 11.9. The highest BCUT2D eigenvalue weighted by molar-refractivity contribution is 5.80. The van der Waals surface area contributed by atoms with Gasteiger partial charge in [-0.15, -0.1) is 0 Å². The van der Waals surface area contributed by atoms with Crippen LogP contribution in [0.25, 0.3) is 0 Å². The van der Waals surface area contributed by atoms with Gasteiger partial charge in [0.15, 0.2) is 5.96 Å². The summed E-state index contributed by atoms with van der Waals surface area (Å²) in [7, 11) is 0. The molecule has 0 spiro atoms. The van der Waals surface area contributed by atoms with Crippen molar-refractivity contribution in [1.29, 1.82) is 0 Å². The van der Waals surface area contributed by atoms with E-state index in [4.69, 9.17) is 14.5 Å². The Hall–Kier alpha value is -0.810. The summed E-state index contributed by atoms with van der Waals surface area (Å²) >= 11 is 0. The van der Waals surface area contributed by atoms with E-state index in [0.717, 1.165) is 64.0 Å². The Morgan fingerprint density at radius 2 is 2.04 bits per heavy atom. The molecule has 1 saturated carbocycles. The SMILES string of the molecule is CCCC1CC1NC(=NCC)N1CCC(OCC2CCCCO2)CC1. The van der Waals surface area contributed by atoms with Gasteiger partial charge in [-0.1, -0.05) is 13.3 Å². The second-order valence-electron chi connectivity index (χ2n) is 7.84. The Balaban J connectivity index is 1.38. The average Bonchev–Trinajstić information content (AvgIpc) is 3.39. The second kappa shape index (κ2) is 9.77. The Bertz CT molecular complexity index is 415. The second-order valence-corrected chi connectivity index (χ2v) is 7.84. The van der Waals surface area contributed by atoms with E-state index in [0.29, 0.717) is 18.2 Å². The highest BCUT2D eigenvalue weighted by atomic mass is 16.5. The molecule has 0 aromatic rings. The number of piperidine rings is 1. The summed E-state index contributed by atoms with van der Waals surface area (Å²) in [6, 6.07) is 0.655. The quantitative estimate of drug-likeness (QED) is 0.565. The van der Waals surface area contributed by atoms with Crippen molar-refractivity contribution in [1.82, 2.24) is 10.2 Å². The lowest BCUT2D eigenvalue weighted by Gasteiger charge is -2.35. The molecule has 3 aliphatic rings.